The lowest BCUT2D eigenvalue weighted by Gasteiger charge is -2.33. The van der Waals surface area contributed by atoms with Crippen LogP contribution in [0.25, 0.3) is 0 Å². The number of piperidine rings is 1. The average molecular weight is 454 g/mol. The van der Waals surface area contributed by atoms with Crippen LogP contribution in [0.3, 0.4) is 0 Å². The van der Waals surface area contributed by atoms with Crippen LogP contribution in [-0.4, -0.2) is 46.5 Å². The average Bonchev–Trinajstić information content (AvgIpc) is 3.21. The molecule has 0 unspecified atom stereocenters. The number of hydrogen-bond donors (Lipinski definition) is 2. The molecule has 0 aliphatic carbocycles. The van der Waals surface area contributed by atoms with Gasteiger partial charge in [0.2, 0.25) is 0 Å². The Morgan fingerprint density at radius 2 is 1.76 bits per heavy atom. The van der Waals surface area contributed by atoms with Gasteiger partial charge in [0.05, 0.1) is 18.4 Å². The van der Waals surface area contributed by atoms with E-state index in [1.807, 2.05) is 29.2 Å². The van der Waals surface area contributed by atoms with Gasteiger partial charge in [-0.05, 0) is 53.5 Å². The highest BCUT2D eigenvalue weighted by Crippen LogP contribution is 2.29. The van der Waals surface area contributed by atoms with Gasteiger partial charge in [-0.25, -0.2) is 14.0 Å². The summed E-state index contributed by atoms with van der Waals surface area (Å²) >= 11 is 0. The quantitative estimate of drug-likeness (QED) is 0.707. The predicted molar refractivity (Wildman–Crippen MR) is 125 cm³/mol. The summed E-state index contributed by atoms with van der Waals surface area (Å²) in [6, 6.07) is 9.15. The van der Waals surface area contributed by atoms with Gasteiger partial charge in [-0.1, -0.05) is 32.9 Å². The Morgan fingerprint density at radius 3 is 2.42 bits per heavy atom. The molecule has 0 spiro atoms. The summed E-state index contributed by atoms with van der Waals surface area (Å²) in [5, 5.41) is 5.94. The Balaban J connectivity index is 1.26. The molecule has 2 N–H and O–H groups in total. The van der Waals surface area contributed by atoms with Gasteiger partial charge in [0.15, 0.2) is 0 Å². The SMILES string of the molecule is CC(C)(C)CNC(=O)N1CCC(c2ccc(NC(=O)N3Cc4cc(F)cnc4C3)cc2)CC1. The number of pyridine rings is 1. The third kappa shape index (κ3) is 5.80. The smallest absolute Gasteiger partial charge is 0.322 e. The number of nitrogens with zero attached hydrogens (tertiary/aromatic N) is 3. The minimum Gasteiger partial charge on any atom is -0.337 e. The largest absolute Gasteiger partial charge is 0.337 e. The van der Waals surface area contributed by atoms with Crippen molar-refractivity contribution in [2.45, 2.75) is 52.6 Å². The molecule has 0 radical (unpaired) electrons. The van der Waals surface area contributed by atoms with Crippen molar-refractivity contribution in [2.24, 2.45) is 5.41 Å². The van der Waals surface area contributed by atoms with Crippen molar-refractivity contribution in [3.8, 4) is 0 Å². The fraction of sp³-hybridized carbons (Fsp3) is 0.480. The normalized spacial score (nSPS) is 16.5. The molecule has 8 heteroatoms. The van der Waals surface area contributed by atoms with Crippen molar-refractivity contribution >= 4 is 17.7 Å². The van der Waals surface area contributed by atoms with Crippen LogP contribution in [-0.2, 0) is 13.1 Å². The summed E-state index contributed by atoms with van der Waals surface area (Å²) in [6.07, 6.45) is 3.02. The Hall–Kier alpha value is -3.16. The summed E-state index contributed by atoms with van der Waals surface area (Å²) in [4.78, 5) is 32.6. The molecule has 3 heterocycles. The number of urea groups is 2. The first kappa shape index (κ1) is 23.0. The van der Waals surface area contributed by atoms with Gasteiger partial charge in [0, 0.05) is 31.9 Å². The third-order valence-electron chi connectivity index (χ3n) is 6.20. The molecule has 4 rings (SSSR count). The molecule has 2 aliphatic rings. The summed E-state index contributed by atoms with van der Waals surface area (Å²) in [7, 11) is 0. The Morgan fingerprint density at radius 1 is 1.06 bits per heavy atom. The molecule has 1 aromatic heterocycles. The van der Waals surface area contributed by atoms with E-state index in [-0.39, 0.29) is 23.3 Å². The Bertz CT molecular complexity index is 1010. The van der Waals surface area contributed by atoms with E-state index >= 15 is 0 Å². The van der Waals surface area contributed by atoms with Crippen LogP contribution in [0.5, 0.6) is 0 Å². The van der Waals surface area contributed by atoms with Gasteiger partial charge < -0.3 is 20.4 Å². The molecule has 2 aromatic rings. The van der Waals surface area contributed by atoms with Crippen molar-refractivity contribution in [1.29, 1.82) is 0 Å². The summed E-state index contributed by atoms with van der Waals surface area (Å²) in [5.74, 6) is 0.0124. The van der Waals surface area contributed by atoms with Crippen LogP contribution in [0.2, 0.25) is 0 Å². The van der Waals surface area contributed by atoms with Gasteiger partial charge in [-0.3, -0.25) is 4.98 Å². The van der Waals surface area contributed by atoms with Crippen LogP contribution in [0.4, 0.5) is 19.7 Å². The molecule has 1 saturated heterocycles. The van der Waals surface area contributed by atoms with E-state index in [0.717, 1.165) is 42.9 Å². The van der Waals surface area contributed by atoms with E-state index < -0.39 is 0 Å². The van der Waals surface area contributed by atoms with E-state index in [0.29, 0.717) is 25.6 Å². The first-order valence-electron chi connectivity index (χ1n) is 11.5. The van der Waals surface area contributed by atoms with Crippen LogP contribution in [0.1, 0.15) is 56.4 Å². The van der Waals surface area contributed by atoms with Crippen molar-refractivity contribution in [1.82, 2.24) is 20.1 Å². The number of benzene rings is 1. The van der Waals surface area contributed by atoms with E-state index in [2.05, 4.69) is 36.4 Å². The highest BCUT2D eigenvalue weighted by atomic mass is 19.1. The molecular weight excluding hydrogens is 421 g/mol. The summed E-state index contributed by atoms with van der Waals surface area (Å²) in [5.41, 5.74) is 3.49. The Kier molecular flexibility index (Phi) is 6.54. The van der Waals surface area contributed by atoms with Gasteiger partial charge in [-0.15, -0.1) is 0 Å². The molecule has 4 amide bonds. The van der Waals surface area contributed by atoms with E-state index in [1.54, 1.807) is 4.90 Å². The molecule has 33 heavy (non-hydrogen) atoms. The van der Waals surface area contributed by atoms with E-state index in [9.17, 15) is 14.0 Å². The molecule has 7 nitrogen and oxygen atoms in total. The summed E-state index contributed by atoms with van der Waals surface area (Å²) < 4.78 is 13.4. The van der Waals surface area contributed by atoms with Gasteiger partial charge in [-0.2, -0.15) is 0 Å². The number of halogens is 1. The first-order chi connectivity index (χ1) is 15.7. The van der Waals surface area contributed by atoms with Crippen LogP contribution in [0.15, 0.2) is 36.5 Å². The number of carbonyl (C=O) groups is 2. The number of nitrogens with one attached hydrogen (secondary N) is 2. The first-order valence-corrected chi connectivity index (χ1v) is 11.5. The van der Waals surface area contributed by atoms with E-state index in [1.165, 1.54) is 17.8 Å². The Labute approximate surface area is 194 Å². The molecule has 0 atom stereocenters. The molecule has 1 fully saturated rings. The van der Waals surface area contributed by atoms with Crippen LogP contribution >= 0.6 is 0 Å². The molecule has 1 aromatic carbocycles. The zero-order valence-electron chi connectivity index (χ0n) is 19.5. The van der Waals surface area contributed by atoms with Crippen LogP contribution in [0, 0.1) is 11.2 Å². The fourth-order valence-electron chi connectivity index (χ4n) is 4.28. The van der Waals surface area contributed by atoms with Crippen molar-refractivity contribution in [2.75, 3.05) is 25.0 Å². The lowest BCUT2D eigenvalue weighted by molar-refractivity contribution is 0.177. The van der Waals surface area contributed by atoms with Crippen LogP contribution < -0.4 is 10.6 Å². The molecule has 0 bridgehead atoms. The third-order valence-corrected chi connectivity index (χ3v) is 6.20. The second-order valence-electron chi connectivity index (χ2n) is 10.1. The van der Waals surface area contributed by atoms with Crippen molar-refractivity contribution in [3.05, 3.63) is 59.2 Å². The summed E-state index contributed by atoms with van der Waals surface area (Å²) in [6.45, 7) is 9.19. The lowest BCUT2D eigenvalue weighted by atomic mass is 9.89. The number of aromatic nitrogens is 1. The maximum atomic E-state index is 13.4. The molecule has 176 valence electrons. The molecule has 2 aliphatic heterocycles. The highest BCUT2D eigenvalue weighted by molar-refractivity contribution is 5.89. The lowest BCUT2D eigenvalue weighted by Crippen LogP contribution is -2.46. The van der Waals surface area contributed by atoms with E-state index in [4.69, 9.17) is 0 Å². The second kappa shape index (κ2) is 9.37. The fourth-order valence-corrected chi connectivity index (χ4v) is 4.28. The maximum Gasteiger partial charge on any atom is 0.322 e. The predicted octanol–water partition coefficient (Wildman–Crippen LogP) is 4.70. The molecular formula is C25H32FN5O2. The number of rotatable bonds is 3. The topological polar surface area (TPSA) is 77.6 Å². The zero-order valence-corrected chi connectivity index (χ0v) is 19.5. The number of fused-ring (bicyclic) bond motifs is 1. The number of carbonyl (C=O) groups excluding carboxylic acids is 2. The minimum absolute atomic E-state index is 0.0171. The number of hydrogen-bond acceptors (Lipinski definition) is 3. The maximum absolute atomic E-state index is 13.4. The zero-order chi connectivity index (χ0) is 23.6. The van der Waals surface area contributed by atoms with Crippen molar-refractivity contribution in [3.63, 3.8) is 0 Å². The van der Waals surface area contributed by atoms with Gasteiger partial charge in [0.1, 0.15) is 5.82 Å². The number of likely N-dealkylation sites (tertiary alicyclic amines) is 1. The van der Waals surface area contributed by atoms with Gasteiger partial charge >= 0.3 is 12.1 Å². The minimum atomic E-state index is -0.386. The monoisotopic (exact) mass is 453 g/mol. The number of amides is 4. The molecule has 0 saturated carbocycles. The van der Waals surface area contributed by atoms with Gasteiger partial charge in [0.25, 0.3) is 0 Å². The standard InChI is InChI=1S/C25H32FN5O2/c1-25(2,3)16-28-23(32)30-10-8-18(9-11-30)17-4-6-21(7-5-17)29-24(33)31-14-19-12-20(26)13-27-22(19)15-31/h4-7,12-13,18H,8-11,14-16H2,1-3H3,(H,28,32)(H,29,33). The second-order valence-corrected chi connectivity index (χ2v) is 10.1. The highest BCUT2D eigenvalue weighted by Gasteiger charge is 2.26. The number of anilines is 1. The van der Waals surface area contributed by atoms with Crippen molar-refractivity contribution < 1.29 is 14.0 Å².